The van der Waals surface area contributed by atoms with Gasteiger partial charge in [0.2, 0.25) is 0 Å². The van der Waals surface area contributed by atoms with Crippen LogP contribution in [-0.2, 0) is 4.74 Å². The predicted molar refractivity (Wildman–Crippen MR) is 94.6 cm³/mol. The van der Waals surface area contributed by atoms with E-state index >= 15 is 0 Å². The molecule has 2 aromatic rings. The zero-order valence-electron chi connectivity index (χ0n) is 14.7. The molecule has 1 unspecified atom stereocenters. The summed E-state index contributed by atoms with van der Waals surface area (Å²) in [4.78, 5) is 18.9. The lowest BCUT2D eigenvalue weighted by Crippen LogP contribution is -2.42. The monoisotopic (exact) mass is 348 g/mol. The Hall–Kier alpha value is -1.76. The zero-order chi connectivity index (χ0) is 17.3. The maximum Gasteiger partial charge on any atom is 0.410 e. The molecule has 6 nitrogen and oxygen atoms in total. The topological polar surface area (TPSA) is 59.7 Å². The van der Waals surface area contributed by atoms with Gasteiger partial charge >= 0.3 is 6.09 Å². The molecule has 0 saturated carbocycles. The largest absolute Gasteiger partial charge is 0.444 e. The van der Waals surface area contributed by atoms with Crippen LogP contribution in [-0.4, -0.2) is 50.5 Å². The molecular weight excluding hydrogens is 324 g/mol. The first-order valence-electron chi connectivity index (χ1n) is 8.24. The van der Waals surface area contributed by atoms with Crippen molar-refractivity contribution in [2.45, 2.75) is 50.2 Å². The molecule has 130 valence electrons. The van der Waals surface area contributed by atoms with Gasteiger partial charge in [0.05, 0.1) is 11.9 Å². The van der Waals surface area contributed by atoms with Crippen molar-refractivity contribution in [3.63, 3.8) is 0 Å². The number of hydrogen-bond donors (Lipinski definition) is 0. The number of thioether (sulfide) groups is 1. The highest BCUT2D eigenvalue weighted by Crippen LogP contribution is 2.29. The fourth-order valence-corrected chi connectivity index (χ4v) is 3.52. The molecule has 1 saturated heterocycles. The number of carbonyl (C=O) groups excluding carboxylic acids is 1. The Balaban J connectivity index is 1.81. The molecule has 0 N–H and O–H groups in total. The van der Waals surface area contributed by atoms with E-state index in [2.05, 4.69) is 11.2 Å². The van der Waals surface area contributed by atoms with E-state index in [0.29, 0.717) is 6.54 Å². The molecule has 1 atom stereocenters. The van der Waals surface area contributed by atoms with Crippen molar-refractivity contribution in [2.75, 3.05) is 19.3 Å². The second kappa shape index (κ2) is 6.63. The van der Waals surface area contributed by atoms with Crippen molar-refractivity contribution < 1.29 is 9.53 Å². The molecule has 3 heterocycles. The summed E-state index contributed by atoms with van der Waals surface area (Å²) in [6.45, 7) is 7.08. The molecule has 0 aliphatic carbocycles. The van der Waals surface area contributed by atoms with Crippen molar-refractivity contribution in [2.24, 2.45) is 0 Å². The van der Waals surface area contributed by atoms with E-state index in [1.807, 2.05) is 37.6 Å². The minimum Gasteiger partial charge on any atom is -0.444 e. The summed E-state index contributed by atoms with van der Waals surface area (Å²) in [6, 6.07) is 4.01. The molecule has 0 bridgehead atoms. The minimum absolute atomic E-state index is 0.233. The van der Waals surface area contributed by atoms with Crippen LogP contribution in [0.3, 0.4) is 0 Å². The van der Waals surface area contributed by atoms with Gasteiger partial charge < -0.3 is 9.64 Å². The SMILES string of the molecule is CSc1cc(C2CCCN(C(=O)OC(C)(C)C)C2)nc2ccnn12. The Bertz CT molecular complexity index is 738. The Morgan fingerprint density at radius 3 is 2.92 bits per heavy atom. The summed E-state index contributed by atoms with van der Waals surface area (Å²) in [7, 11) is 0. The Kier molecular flexibility index (Phi) is 4.71. The van der Waals surface area contributed by atoms with Gasteiger partial charge in [-0.1, -0.05) is 0 Å². The van der Waals surface area contributed by atoms with Crippen LogP contribution in [0.25, 0.3) is 5.65 Å². The summed E-state index contributed by atoms with van der Waals surface area (Å²) in [6.07, 6.45) is 5.56. The molecule has 3 rings (SSSR count). The molecule has 0 radical (unpaired) electrons. The number of aromatic nitrogens is 3. The van der Waals surface area contributed by atoms with E-state index in [1.54, 1.807) is 22.9 Å². The fourth-order valence-electron chi connectivity index (χ4n) is 2.97. The van der Waals surface area contributed by atoms with E-state index in [4.69, 9.17) is 9.72 Å². The Morgan fingerprint density at radius 2 is 2.21 bits per heavy atom. The van der Waals surface area contributed by atoms with Crippen molar-refractivity contribution in [3.8, 4) is 0 Å². The number of ether oxygens (including phenoxy) is 1. The third-order valence-corrected chi connectivity index (χ3v) is 4.76. The van der Waals surface area contributed by atoms with E-state index < -0.39 is 5.60 Å². The van der Waals surface area contributed by atoms with Crippen LogP contribution in [0.1, 0.15) is 45.2 Å². The second-order valence-electron chi connectivity index (χ2n) is 7.09. The van der Waals surface area contributed by atoms with Gasteiger partial charge in [0.1, 0.15) is 10.6 Å². The molecular formula is C17H24N4O2S. The van der Waals surface area contributed by atoms with E-state index in [9.17, 15) is 4.79 Å². The van der Waals surface area contributed by atoms with Crippen LogP contribution < -0.4 is 0 Å². The number of amides is 1. The molecule has 1 aliphatic heterocycles. The number of rotatable bonds is 2. The first kappa shape index (κ1) is 17.1. The number of fused-ring (bicyclic) bond motifs is 1. The van der Waals surface area contributed by atoms with E-state index in [-0.39, 0.29) is 12.0 Å². The normalized spacial score (nSPS) is 18.8. The molecule has 2 aromatic heterocycles. The van der Waals surface area contributed by atoms with Gasteiger partial charge in [-0.05, 0) is 45.9 Å². The van der Waals surface area contributed by atoms with Gasteiger partial charge in [-0.25, -0.2) is 14.3 Å². The van der Waals surface area contributed by atoms with Crippen LogP contribution in [0.4, 0.5) is 4.79 Å². The number of carbonyl (C=O) groups is 1. The number of piperidine rings is 1. The van der Waals surface area contributed by atoms with Crippen molar-refractivity contribution >= 4 is 23.5 Å². The van der Waals surface area contributed by atoms with Gasteiger partial charge in [0.25, 0.3) is 0 Å². The van der Waals surface area contributed by atoms with E-state index in [0.717, 1.165) is 35.8 Å². The molecule has 0 spiro atoms. The van der Waals surface area contributed by atoms with Gasteiger partial charge in [0, 0.05) is 25.1 Å². The second-order valence-corrected chi connectivity index (χ2v) is 7.92. The summed E-state index contributed by atoms with van der Waals surface area (Å²) in [5.41, 5.74) is 1.41. The third kappa shape index (κ3) is 3.66. The van der Waals surface area contributed by atoms with Gasteiger partial charge in [-0.2, -0.15) is 5.10 Å². The van der Waals surface area contributed by atoms with Gasteiger partial charge in [-0.3, -0.25) is 0 Å². The molecule has 1 aliphatic rings. The van der Waals surface area contributed by atoms with Crippen molar-refractivity contribution in [1.82, 2.24) is 19.5 Å². The third-order valence-electron chi connectivity index (χ3n) is 4.05. The smallest absolute Gasteiger partial charge is 0.410 e. The van der Waals surface area contributed by atoms with Crippen molar-refractivity contribution in [3.05, 3.63) is 24.0 Å². The molecule has 1 amide bonds. The Labute approximate surface area is 146 Å². The van der Waals surface area contributed by atoms with E-state index in [1.165, 1.54) is 0 Å². The molecule has 7 heteroatoms. The fraction of sp³-hybridized carbons (Fsp3) is 0.588. The van der Waals surface area contributed by atoms with Crippen LogP contribution in [0.2, 0.25) is 0 Å². The maximum atomic E-state index is 12.3. The summed E-state index contributed by atoms with van der Waals surface area (Å²) < 4.78 is 7.36. The lowest BCUT2D eigenvalue weighted by Gasteiger charge is -2.34. The van der Waals surface area contributed by atoms with Crippen LogP contribution in [0.5, 0.6) is 0 Å². The predicted octanol–water partition coefficient (Wildman–Crippen LogP) is 3.57. The van der Waals surface area contributed by atoms with Crippen molar-refractivity contribution in [1.29, 1.82) is 0 Å². The molecule has 1 fully saturated rings. The average Bonchev–Trinajstić information content (AvgIpc) is 3.01. The minimum atomic E-state index is -0.467. The quantitative estimate of drug-likeness (QED) is 0.613. The Morgan fingerprint density at radius 1 is 1.42 bits per heavy atom. The first-order chi connectivity index (χ1) is 11.4. The highest BCUT2D eigenvalue weighted by Gasteiger charge is 2.29. The molecule has 24 heavy (non-hydrogen) atoms. The highest BCUT2D eigenvalue weighted by atomic mass is 32.2. The summed E-state index contributed by atoms with van der Waals surface area (Å²) >= 11 is 1.65. The highest BCUT2D eigenvalue weighted by molar-refractivity contribution is 7.98. The summed E-state index contributed by atoms with van der Waals surface area (Å²) in [5, 5.41) is 5.37. The number of likely N-dealkylation sites (tertiary alicyclic amines) is 1. The summed E-state index contributed by atoms with van der Waals surface area (Å²) in [5.74, 6) is 0.233. The first-order valence-corrected chi connectivity index (χ1v) is 9.46. The van der Waals surface area contributed by atoms with Gasteiger partial charge in [-0.15, -0.1) is 11.8 Å². The van der Waals surface area contributed by atoms with Crippen LogP contribution >= 0.6 is 11.8 Å². The zero-order valence-corrected chi connectivity index (χ0v) is 15.5. The number of nitrogens with zero attached hydrogens (tertiary/aromatic N) is 4. The lowest BCUT2D eigenvalue weighted by molar-refractivity contribution is 0.0197. The standard InChI is InChI=1S/C17H24N4O2S/c1-17(2,3)23-16(22)20-9-5-6-12(11-20)13-10-15(24-4)21-14(19-13)7-8-18-21/h7-8,10,12H,5-6,9,11H2,1-4H3. The van der Waals surface area contributed by atoms with Gasteiger partial charge in [0.15, 0.2) is 5.65 Å². The molecule has 0 aromatic carbocycles. The number of hydrogen-bond acceptors (Lipinski definition) is 5. The maximum absolute atomic E-state index is 12.3. The average molecular weight is 348 g/mol. The van der Waals surface area contributed by atoms with Crippen LogP contribution in [0, 0.1) is 0 Å². The van der Waals surface area contributed by atoms with Crippen LogP contribution in [0.15, 0.2) is 23.4 Å². The lowest BCUT2D eigenvalue weighted by atomic mass is 9.95.